The summed E-state index contributed by atoms with van der Waals surface area (Å²) in [4.78, 5) is 17.5. The Morgan fingerprint density at radius 2 is 1.73 bits per heavy atom. The van der Waals surface area contributed by atoms with E-state index in [-0.39, 0.29) is 11.8 Å². The van der Waals surface area contributed by atoms with Crippen molar-refractivity contribution >= 4 is 23.2 Å². The van der Waals surface area contributed by atoms with Crippen LogP contribution in [0.2, 0.25) is 5.02 Å². The summed E-state index contributed by atoms with van der Waals surface area (Å²) in [5.41, 5.74) is 4.92. The molecule has 1 atom stereocenters. The molecule has 5 nitrogen and oxygen atoms in total. The summed E-state index contributed by atoms with van der Waals surface area (Å²) in [6, 6.07) is 25.5. The maximum atomic E-state index is 13.2. The summed E-state index contributed by atoms with van der Waals surface area (Å²) in [6.45, 7) is 3.28. The van der Waals surface area contributed by atoms with E-state index in [4.69, 9.17) is 11.6 Å². The quantitative estimate of drug-likeness (QED) is 0.331. The van der Waals surface area contributed by atoms with Crippen LogP contribution < -0.4 is 10.6 Å². The van der Waals surface area contributed by atoms with Crippen molar-refractivity contribution in [3.05, 3.63) is 113 Å². The normalized spacial score (nSPS) is 11.8. The fourth-order valence-corrected chi connectivity index (χ4v) is 3.81. The lowest BCUT2D eigenvalue weighted by atomic mass is 9.97. The summed E-state index contributed by atoms with van der Waals surface area (Å²) in [5, 5.41) is 7.25. The number of rotatable bonds is 9. The highest BCUT2D eigenvalue weighted by atomic mass is 35.5. The van der Waals surface area contributed by atoms with E-state index in [1.165, 1.54) is 5.56 Å². The molecule has 0 aliphatic carbocycles. The number of amides is 1. The predicted molar refractivity (Wildman–Crippen MR) is 134 cm³/mol. The Morgan fingerprint density at radius 3 is 2.39 bits per heavy atom. The van der Waals surface area contributed by atoms with Gasteiger partial charge in [0, 0.05) is 29.1 Å². The van der Waals surface area contributed by atoms with E-state index in [2.05, 4.69) is 15.6 Å². The molecule has 168 valence electrons. The lowest BCUT2D eigenvalue weighted by Gasteiger charge is -2.18. The number of benzene rings is 3. The summed E-state index contributed by atoms with van der Waals surface area (Å²) in [6.07, 6.45) is 4.62. The van der Waals surface area contributed by atoms with Gasteiger partial charge in [0.15, 0.2) is 0 Å². The smallest absolute Gasteiger partial charge is 0.233 e. The molecule has 0 aliphatic heterocycles. The first-order valence-electron chi connectivity index (χ1n) is 11.0. The summed E-state index contributed by atoms with van der Waals surface area (Å²) in [5.74, 6) is -0.334. The van der Waals surface area contributed by atoms with Crippen LogP contribution in [0.3, 0.4) is 0 Å². The van der Waals surface area contributed by atoms with Gasteiger partial charge in [-0.25, -0.2) is 4.98 Å². The molecule has 6 heteroatoms. The molecule has 4 aromatic rings. The zero-order valence-electron chi connectivity index (χ0n) is 18.5. The Kier molecular flexibility index (Phi) is 7.55. The van der Waals surface area contributed by atoms with Gasteiger partial charge in [-0.3, -0.25) is 4.79 Å². The molecule has 0 saturated heterocycles. The second-order valence-electron chi connectivity index (χ2n) is 8.00. The van der Waals surface area contributed by atoms with E-state index in [1.807, 2.05) is 96.6 Å². The number of anilines is 1. The van der Waals surface area contributed by atoms with Gasteiger partial charge < -0.3 is 15.2 Å². The lowest BCUT2D eigenvalue weighted by Crippen LogP contribution is -2.32. The molecule has 0 fully saturated rings. The molecular formula is C27H27ClN4O. The number of nitrogens with one attached hydrogen (secondary N) is 2. The molecule has 0 bridgehead atoms. The third kappa shape index (κ3) is 6.31. The minimum Gasteiger partial charge on any atom is -0.326 e. The zero-order valence-corrected chi connectivity index (χ0v) is 19.3. The van der Waals surface area contributed by atoms with Gasteiger partial charge in [-0.2, -0.15) is 0 Å². The topological polar surface area (TPSA) is 59.0 Å². The number of carbonyl (C=O) groups excluding carboxylic acids is 1. The Balaban J connectivity index is 1.38. The largest absolute Gasteiger partial charge is 0.326 e. The van der Waals surface area contributed by atoms with Gasteiger partial charge in [-0.15, -0.1) is 0 Å². The third-order valence-electron chi connectivity index (χ3n) is 5.52. The van der Waals surface area contributed by atoms with E-state index < -0.39 is 0 Å². The highest BCUT2D eigenvalue weighted by Gasteiger charge is 2.20. The Labute approximate surface area is 199 Å². The molecule has 1 amide bonds. The molecule has 33 heavy (non-hydrogen) atoms. The van der Waals surface area contributed by atoms with Crippen molar-refractivity contribution in [1.82, 2.24) is 14.9 Å². The van der Waals surface area contributed by atoms with E-state index in [9.17, 15) is 4.79 Å². The number of hydrogen-bond acceptors (Lipinski definition) is 3. The molecule has 3 aromatic carbocycles. The Morgan fingerprint density at radius 1 is 1.00 bits per heavy atom. The van der Waals surface area contributed by atoms with Crippen LogP contribution in [0.4, 0.5) is 5.69 Å². The number of halogens is 1. The summed E-state index contributed by atoms with van der Waals surface area (Å²) < 4.78 is 1.96. The molecule has 2 N–H and O–H groups in total. The molecule has 1 heterocycles. The standard InChI is InChI=1S/C27H27ClN4O/c1-20-18-32(19-30-20)25-13-11-24(12-14-25)31-27(33)26(22-5-3-2-4-6-22)17-29-16-15-21-7-9-23(28)10-8-21/h2-14,18-19,26,29H,15-17H2,1H3,(H,31,33). The van der Waals surface area contributed by atoms with Crippen molar-refractivity contribution in [3.63, 3.8) is 0 Å². The Hall–Kier alpha value is -3.41. The van der Waals surface area contributed by atoms with Crippen LogP contribution in [0.15, 0.2) is 91.4 Å². The van der Waals surface area contributed by atoms with Crippen LogP contribution in [0.5, 0.6) is 0 Å². The molecule has 1 aromatic heterocycles. The first-order valence-corrected chi connectivity index (χ1v) is 11.4. The molecule has 0 spiro atoms. The average molecular weight is 459 g/mol. The first-order chi connectivity index (χ1) is 16.1. The van der Waals surface area contributed by atoms with Gasteiger partial charge in [-0.1, -0.05) is 54.1 Å². The molecule has 1 unspecified atom stereocenters. The van der Waals surface area contributed by atoms with Crippen LogP contribution in [0.1, 0.15) is 22.7 Å². The van der Waals surface area contributed by atoms with Crippen LogP contribution in [-0.4, -0.2) is 28.5 Å². The number of aryl methyl sites for hydroxylation is 1. The van der Waals surface area contributed by atoms with Crippen LogP contribution in [-0.2, 0) is 11.2 Å². The molecule has 0 saturated carbocycles. The number of imidazole rings is 1. The van der Waals surface area contributed by atoms with Gasteiger partial charge in [0.05, 0.1) is 17.9 Å². The van der Waals surface area contributed by atoms with Crippen LogP contribution in [0.25, 0.3) is 5.69 Å². The molecule has 0 radical (unpaired) electrons. The van der Waals surface area contributed by atoms with E-state index in [0.717, 1.165) is 40.6 Å². The van der Waals surface area contributed by atoms with Gasteiger partial charge in [0.25, 0.3) is 0 Å². The minimum atomic E-state index is -0.299. The van der Waals surface area contributed by atoms with Gasteiger partial charge in [0.2, 0.25) is 5.91 Å². The van der Waals surface area contributed by atoms with Crippen molar-refractivity contribution in [2.24, 2.45) is 0 Å². The average Bonchev–Trinajstić information content (AvgIpc) is 3.27. The zero-order chi connectivity index (χ0) is 23.0. The van der Waals surface area contributed by atoms with E-state index >= 15 is 0 Å². The fourth-order valence-electron chi connectivity index (χ4n) is 3.69. The van der Waals surface area contributed by atoms with E-state index in [0.29, 0.717) is 6.54 Å². The highest BCUT2D eigenvalue weighted by molar-refractivity contribution is 6.30. The summed E-state index contributed by atoms with van der Waals surface area (Å²) in [7, 11) is 0. The van der Waals surface area contributed by atoms with Gasteiger partial charge >= 0.3 is 0 Å². The Bertz CT molecular complexity index is 1170. The molecule has 4 rings (SSSR count). The number of hydrogen-bond donors (Lipinski definition) is 2. The number of carbonyl (C=O) groups is 1. The van der Waals surface area contributed by atoms with Crippen molar-refractivity contribution in [2.75, 3.05) is 18.4 Å². The number of nitrogens with zero attached hydrogens (tertiary/aromatic N) is 2. The lowest BCUT2D eigenvalue weighted by molar-refractivity contribution is -0.117. The van der Waals surface area contributed by atoms with Gasteiger partial charge in [-0.05, 0) is 67.4 Å². The monoisotopic (exact) mass is 458 g/mol. The van der Waals surface area contributed by atoms with Crippen molar-refractivity contribution in [1.29, 1.82) is 0 Å². The van der Waals surface area contributed by atoms with Crippen molar-refractivity contribution in [3.8, 4) is 5.69 Å². The summed E-state index contributed by atoms with van der Waals surface area (Å²) >= 11 is 5.96. The van der Waals surface area contributed by atoms with Crippen LogP contribution in [0, 0.1) is 6.92 Å². The third-order valence-corrected chi connectivity index (χ3v) is 5.77. The van der Waals surface area contributed by atoms with E-state index in [1.54, 1.807) is 6.33 Å². The van der Waals surface area contributed by atoms with Crippen molar-refractivity contribution < 1.29 is 4.79 Å². The fraction of sp³-hybridized carbons (Fsp3) is 0.185. The maximum Gasteiger partial charge on any atom is 0.233 e. The molecule has 0 aliphatic rings. The second-order valence-corrected chi connectivity index (χ2v) is 8.44. The van der Waals surface area contributed by atoms with Gasteiger partial charge in [0.1, 0.15) is 0 Å². The second kappa shape index (κ2) is 10.9. The SMILES string of the molecule is Cc1cn(-c2ccc(NC(=O)C(CNCCc3ccc(Cl)cc3)c3ccccc3)cc2)cn1. The highest BCUT2D eigenvalue weighted by Crippen LogP contribution is 2.20. The van der Waals surface area contributed by atoms with Crippen LogP contribution >= 0.6 is 11.6 Å². The number of aromatic nitrogens is 2. The van der Waals surface area contributed by atoms with Crippen molar-refractivity contribution in [2.45, 2.75) is 19.3 Å². The minimum absolute atomic E-state index is 0.0357. The first kappa shape index (κ1) is 22.8. The molecular weight excluding hydrogens is 432 g/mol. The predicted octanol–water partition coefficient (Wildman–Crippen LogP) is 5.39. The maximum absolute atomic E-state index is 13.2.